The first-order valence-electron chi connectivity index (χ1n) is 6.24. The van der Waals surface area contributed by atoms with E-state index >= 15 is 0 Å². The molecule has 0 aliphatic heterocycles. The highest BCUT2D eigenvalue weighted by molar-refractivity contribution is 6.37. The van der Waals surface area contributed by atoms with Crippen molar-refractivity contribution in [2.75, 3.05) is 12.8 Å². The third-order valence-electron chi connectivity index (χ3n) is 2.81. The van der Waals surface area contributed by atoms with Gasteiger partial charge in [-0.15, -0.1) is 0 Å². The number of rotatable bonds is 4. The Hall–Kier alpha value is -2.24. The molecule has 5 nitrogen and oxygen atoms in total. The van der Waals surface area contributed by atoms with E-state index in [1.54, 1.807) is 36.4 Å². The van der Waals surface area contributed by atoms with Gasteiger partial charge in [0.25, 0.3) is 5.91 Å². The highest BCUT2D eigenvalue weighted by Crippen LogP contribution is 2.33. The number of nitrogens with one attached hydrogen (secondary N) is 1. The van der Waals surface area contributed by atoms with Crippen molar-refractivity contribution in [3.8, 4) is 5.75 Å². The van der Waals surface area contributed by atoms with Gasteiger partial charge in [0.2, 0.25) is 0 Å². The Labute approximate surface area is 137 Å². The van der Waals surface area contributed by atoms with Crippen LogP contribution in [0.25, 0.3) is 0 Å². The predicted octanol–water partition coefficient (Wildman–Crippen LogP) is 3.35. The minimum absolute atomic E-state index is 0.352. The molecule has 0 aliphatic rings. The summed E-state index contributed by atoms with van der Waals surface area (Å²) in [5.74, 6) is -0.0124. The molecular weight excluding hydrogens is 325 g/mol. The van der Waals surface area contributed by atoms with Crippen molar-refractivity contribution in [3.63, 3.8) is 0 Å². The van der Waals surface area contributed by atoms with E-state index in [2.05, 4.69) is 10.5 Å². The summed E-state index contributed by atoms with van der Waals surface area (Å²) in [6.45, 7) is 0. The standard InChI is InChI=1S/C15H13Cl2N3O2/c1-22-14-11(16)6-9(7-12(14)17)8-19-20-15(21)10-4-2-3-5-13(10)18/h2-8H,18H2,1H3,(H,20,21)/b19-8-. The SMILES string of the molecule is COc1c(Cl)cc(/C=N\NC(=O)c2ccccc2N)cc1Cl. The summed E-state index contributed by atoms with van der Waals surface area (Å²) in [4.78, 5) is 11.9. The zero-order chi connectivity index (χ0) is 16.1. The average Bonchev–Trinajstić information content (AvgIpc) is 2.47. The molecule has 0 spiro atoms. The lowest BCUT2D eigenvalue weighted by atomic mass is 10.2. The van der Waals surface area contributed by atoms with E-state index in [9.17, 15) is 4.79 Å². The highest BCUT2D eigenvalue weighted by Gasteiger charge is 2.09. The molecule has 2 aromatic rings. The molecule has 0 heterocycles. The third kappa shape index (κ3) is 3.69. The van der Waals surface area contributed by atoms with Crippen molar-refractivity contribution in [1.82, 2.24) is 5.43 Å². The Kier molecular flexibility index (Phi) is 5.25. The largest absolute Gasteiger partial charge is 0.494 e. The summed E-state index contributed by atoms with van der Waals surface area (Å²) < 4.78 is 5.05. The zero-order valence-corrected chi connectivity index (χ0v) is 13.2. The number of nitrogen functional groups attached to an aromatic ring is 1. The van der Waals surface area contributed by atoms with E-state index in [-0.39, 0.29) is 0 Å². The maximum absolute atomic E-state index is 11.9. The number of halogens is 2. The highest BCUT2D eigenvalue weighted by atomic mass is 35.5. The summed E-state index contributed by atoms with van der Waals surface area (Å²) in [5, 5.41) is 4.57. The molecule has 3 N–H and O–H groups in total. The van der Waals surface area contributed by atoms with Crippen LogP contribution in [0, 0.1) is 0 Å². The Morgan fingerprint density at radius 2 is 1.91 bits per heavy atom. The number of anilines is 1. The number of benzene rings is 2. The number of carbonyl (C=O) groups is 1. The van der Waals surface area contributed by atoms with Gasteiger partial charge in [-0.25, -0.2) is 5.43 Å². The van der Waals surface area contributed by atoms with Gasteiger partial charge in [0.1, 0.15) is 0 Å². The molecule has 0 fully saturated rings. The van der Waals surface area contributed by atoms with Crippen LogP contribution in [0.15, 0.2) is 41.5 Å². The molecule has 0 bridgehead atoms. The van der Waals surface area contributed by atoms with Crippen LogP contribution in [-0.2, 0) is 0 Å². The number of ether oxygens (including phenoxy) is 1. The number of carbonyl (C=O) groups excluding carboxylic acids is 1. The van der Waals surface area contributed by atoms with Crippen LogP contribution < -0.4 is 15.9 Å². The molecule has 0 saturated carbocycles. The Morgan fingerprint density at radius 1 is 1.27 bits per heavy atom. The van der Waals surface area contributed by atoms with Crippen LogP contribution in [0.5, 0.6) is 5.75 Å². The smallest absolute Gasteiger partial charge is 0.273 e. The van der Waals surface area contributed by atoms with Crippen LogP contribution in [0.3, 0.4) is 0 Å². The van der Waals surface area contributed by atoms with Gasteiger partial charge < -0.3 is 10.5 Å². The number of hydrazone groups is 1. The van der Waals surface area contributed by atoms with Crippen LogP contribution in [0.1, 0.15) is 15.9 Å². The van der Waals surface area contributed by atoms with E-state index < -0.39 is 5.91 Å². The average molecular weight is 338 g/mol. The lowest BCUT2D eigenvalue weighted by molar-refractivity contribution is 0.0956. The van der Waals surface area contributed by atoms with E-state index in [4.69, 9.17) is 33.7 Å². The topological polar surface area (TPSA) is 76.7 Å². The summed E-state index contributed by atoms with van der Waals surface area (Å²) in [7, 11) is 1.48. The van der Waals surface area contributed by atoms with E-state index in [0.29, 0.717) is 32.6 Å². The fourth-order valence-corrected chi connectivity index (χ4v) is 2.44. The summed E-state index contributed by atoms with van der Waals surface area (Å²) in [5.41, 5.74) is 9.46. The van der Waals surface area contributed by atoms with Gasteiger partial charge in [-0.05, 0) is 29.8 Å². The van der Waals surface area contributed by atoms with Gasteiger partial charge in [0, 0.05) is 5.69 Å². The Morgan fingerprint density at radius 3 is 2.50 bits per heavy atom. The van der Waals surface area contributed by atoms with E-state index in [1.807, 2.05) is 0 Å². The first-order chi connectivity index (χ1) is 10.5. The number of nitrogens with zero attached hydrogens (tertiary/aromatic N) is 1. The summed E-state index contributed by atoms with van der Waals surface area (Å²) >= 11 is 12.0. The molecule has 7 heteroatoms. The van der Waals surface area contributed by atoms with Crippen molar-refractivity contribution in [2.24, 2.45) is 5.10 Å². The molecule has 0 aliphatic carbocycles. The number of para-hydroxylation sites is 1. The lowest BCUT2D eigenvalue weighted by Crippen LogP contribution is -2.19. The Balaban J connectivity index is 2.10. The molecule has 2 rings (SSSR count). The van der Waals surface area contributed by atoms with E-state index in [0.717, 1.165) is 0 Å². The monoisotopic (exact) mass is 337 g/mol. The van der Waals surface area contributed by atoms with Gasteiger partial charge in [0.05, 0.1) is 28.9 Å². The fourth-order valence-electron chi connectivity index (χ4n) is 1.78. The molecule has 114 valence electrons. The fraction of sp³-hybridized carbons (Fsp3) is 0.0667. The minimum Gasteiger partial charge on any atom is -0.494 e. The zero-order valence-electron chi connectivity index (χ0n) is 11.6. The van der Waals surface area contributed by atoms with Crippen LogP contribution in [0.4, 0.5) is 5.69 Å². The second-order valence-corrected chi connectivity index (χ2v) is 5.12. The van der Waals surface area contributed by atoms with Crippen LogP contribution >= 0.6 is 23.2 Å². The van der Waals surface area contributed by atoms with Crippen molar-refractivity contribution < 1.29 is 9.53 Å². The third-order valence-corrected chi connectivity index (χ3v) is 3.37. The van der Waals surface area contributed by atoms with Crippen molar-refractivity contribution >= 4 is 41.0 Å². The lowest BCUT2D eigenvalue weighted by Gasteiger charge is -2.06. The van der Waals surface area contributed by atoms with Crippen molar-refractivity contribution in [2.45, 2.75) is 0 Å². The minimum atomic E-state index is -0.403. The second-order valence-electron chi connectivity index (χ2n) is 4.30. The number of nitrogens with two attached hydrogens (primary N) is 1. The first kappa shape index (κ1) is 16.1. The molecular formula is C15H13Cl2N3O2. The normalized spacial score (nSPS) is 10.7. The number of amides is 1. The second kappa shape index (κ2) is 7.15. The molecule has 0 saturated heterocycles. The number of methoxy groups -OCH3 is 1. The summed E-state index contributed by atoms with van der Waals surface area (Å²) in [6, 6.07) is 9.97. The molecule has 0 atom stereocenters. The van der Waals surface area contributed by atoms with Crippen molar-refractivity contribution in [3.05, 3.63) is 57.6 Å². The van der Waals surface area contributed by atoms with Gasteiger partial charge in [-0.2, -0.15) is 5.10 Å². The molecule has 22 heavy (non-hydrogen) atoms. The van der Waals surface area contributed by atoms with E-state index in [1.165, 1.54) is 13.3 Å². The van der Waals surface area contributed by atoms with Gasteiger partial charge in [-0.3, -0.25) is 4.79 Å². The maximum atomic E-state index is 11.9. The quantitative estimate of drug-likeness (QED) is 0.510. The predicted molar refractivity (Wildman–Crippen MR) is 88.9 cm³/mol. The van der Waals surface area contributed by atoms with Gasteiger partial charge in [0.15, 0.2) is 5.75 Å². The van der Waals surface area contributed by atoms with Crippen molar-refractivity contribution in [1.29, 1.82) is 0 Å². The van der Waals surface area contributed by atoms with Gasteiger partial charge in [-0.1, -0.05) is 35.3 Å². The summed E-state index contributed by atoms with van der Waals surface area (Å²) in [6.07, 6.45) is 1.42. The van der Waals surface area contributed by atoms with Gasteiger partial charge >= 0.3 is 0 Å². The number of hydrogen-bond acceptors (Lipinski definition) is 4. The molecule has 0 aromatic heterocycles. The van der Waals surface area contributed by atoms with Crippen LogP contribution in [-0.4, -0.2) is 19.2 Å². The molecule has 1 amide bonds. The molecule has 2 aromatic carbocycles. The number of hydrogen-bond donors (Lipinski definition) is 2. The first-order valence-corrected chi connectivity index (χ1v) is 6.99. The Bertz CT molecular complexity index is 709. The van der Waals surface area contributed by atoms with Crippen LogP contribution in [0.2, 0.25) is 10.0 Å². The molecule has 0 unspecified atom stereocenters. The molecule has 0 radical (unpaired) electrons. The maximum Gasteiger partial charge on any atom is 0.273 e.